The standard InChI is InChI=1S/C17H17ClN4O4S/c1-9-16(17-19-14(23)6-7-15(24)22(17)20-9)10-2-5-12(18)13(8-10)27(25,26)21-11-3-4-11/h2,5,8,11,21H,3-4,6-7H2,1H3,(H,19,23). The summed E-state index contributed by atoms with van der Waals surface area (Å²) in [5.41, 5.74) is 1.50. The van der Waals surface area contributed by atoms with Crippen LogP contribution in [0.25, 0.3) is 11.1 Å². The van der Waals surface area contributed by atoms with E-state index in [0.717, 1.165) is 12.8 Å². The molecule has 10 heteroatoms. The Hall–Kier alpha value is -2.23. The normalized spacial score (nSPS) is 17.4. The number of halogens is 1. The first-order chi connectivity index (χ1) is 12.8. The summed E-state index contributed by atoms with van der Waals surface area (Å²) < 4.78 is 29.0. The Balaban J connectivity index is 1.84. The molecule has 8 nitrogen and oxygen atoms in total. The van der Waals surface area contributed by atoms with Crippen molar-refractivity contribution in [2.45, 2.75) is 43.5 Å². The van der Waals surface area contributed by atoms with Crippen LogP contribution in [0.3, 0.4) is 0 Å². The van der Waals surface area contributed by atoms with Gasteiger partial charge < -0.3 is 5.32 Å². The number of hydrogen-bond acceptors (Lipinski definition) is 5. The largest absolute Gasteiger partial charge is 0.310 e. The number of nitrogens with zero attached hydrogens (tertiary/aromatic N) is 2. The van der Waals surface area contributed by atoms with Crippen LogP contribution >= 0.6 is 11.6 Å². The maximum Gasteiger partial charge on any atom is 0.249 e. The van der Waals surface area contributed by atoms with E-state index in [1.807, 2.05) is 0 Å². The van der Waals surface area contributed by atoms with E-state index in [4.69, 9.17) is 11.6 Å². The molecule has 0 saturated heterocycles. The van der Waals surface area contributed by atoms with Crippen LogP contribution in [0.4, 0.5) is 5.82 Å². The van der Waals surface area contributed by atoms with Gasteiger partial charge >= 0.3 is 0 Å². The van der Waals surface area contributed by atoms with E-state index in [9.17, 15) is 18.0 Å². The Morgan fingerprint density at radius 3 is 2.70 bits per heavy atom. The molecule has 0 bridgehead atoms. The highest BCUT2D eigenvalue weighted by Gasteiger charge is 2.31. The Morgan fingerprint density at radius 1 is 1.26 bits per heavy atom. The van der Waals surface area contributed by atoms with Gasteiger partial charge in [-0.1, -0.05) is 17.7 Å². The van der Waals surface area contributed by atoms with Gasteiger partial charge in [-0.15, -0.1) is 0 Å². The maximum absolute atomic E-state index is 12.6. The number of carbonyl (C=O) groups excluding carboxylic acids is 2. The molecule has 27 heavy (non-hydrogen) atoms. The summed E-state index contributed by atoms with van der Waals surface area (Å²) in [6, 6.07) is 4.52. The van der Waals surface area contributed by atoms with Crippen molar-refractivity contribution in [3.8, 4) is 11.1 Å². The molecule has 1 amide bonds. The number of benzene rings is 1. The minimum atomic E-state index is -3.77. The van der Waals surface area contributed by atoms with Crippen LogP contribution in [0.5, 0.6) is 0 Å². The lowest BCUT2D eigenvalue weighted by Crippen LogP contribution is -2.26. The highest BCUT2D eigenvalue weighted by atomic mass is 35.5. The van der Waals surface area contributed by atoms with Crippen LogP contribution in [0, 0.1) is 6.92 Å². The van der Waals surface area contributed by atoms with Crippen molar-refractivity contribution in [2.75, 3.05) is 5.32 Å². The SMILES string of the molecule is Cc1nn2c(c1-c1ccc(Cl)c(S(=O)(=O)NC3CC3)c1)NC(=O)CCC2=O. The van der Waals surface area contributed by atoms with Gasteiger partial charge in [-0.05, 0) is 37.5 Å². The number of nitrogens with one attached hydrogen (secondary N) is 2. The second-order valence-electron chi connectivity index (χ2n) is 6.70. The van der Waals surface area contributed by atoms with Crippen molar-refractivity contribution in [3.05, 3.63) is 28.9 Å². The zero-order valence-corrected chi connectivity index (χ0v) is 16.0. The van der Waals surface area contributed by atoms with E-state index in [-0.39, 0.29) is 46.4 Å². The fraction of sp³-hybridized carbons (Fsp3) is 0.353. The van der Waals surface area contributed by atoms with Gasteiger partial charge in [0.1, 0.15) is 10.7 Å². The monoisotopic (exact) mass is 408 g/mol. The zero-order valence-electron chi connectivity index (χ0n) is 14.5. The van der Waals surface area contributed by atoms with Gasteiger partial charge in [-0.2, -0.15) is 9.78 Å². The number of anilines is 1. The number of amides is 1. The molecule has 1 saturated carbocycles. The molecule has 0 radical (unpaired) electrons. The predicted molar refractivity (Wildman–Crippen MR) is 99.2 cm³/mol. The Morgan fingerprint density at radius 2 is 2.00 bits per heavy atom. The van der Waals surface area contributed by atoms with E-state index in [0.29, 0.717) is 16.8 Å². The first-order valence-electron chi connectivity index (χ1n) is 8.51. The summed E-state index contributed by atoms with van der Waals surface area (Å²) in [5, 5.41) is 7.03. The summed E-state index contributed by atoms with van der Waals surface area (Å²) in [4.78, 5) is 24.2. The lowest BCUT2D eigenvalue weighted by Gasteiger charge is -2.11. The molecule has 1 aromatic carbocycles. The average molecular weight is 409 g/mol. The van der Waals surface area contributed by atoms with Gasteiger partial charge in [-0.25, -0.2) is 13.1 Å². The van der Waals surface area contributed by atoms with Crippen LogP contribution < -0.4 is 10.0 Å². The highest BCUT2D eigenvalue weighted by Crippen LogP contribution is 2.36. The van der Waals surface area contributed by atoms with Gasteiger partial charge in [-0.3, -0.25) is 9.59 Å². The van der Waals surface area contributed by atoms with Crippen molar-refractivity contribution in [2.24, 2.45) is 0 Å². The van der Waals surface area contributed by atoms with Crippen LogP contribution in [0.15, 0.2) is 23.1 Å². The smallest absolute Gasteiger partial charge is 0.249 e. The number of fused-ring (bicyclic) bond motifs is 1. The number of hydrogen-bond donors (Lipinski definition) is 2. The minimum Gasteiger partial charge on any atom is -0.310 e. The predicted octanol–water partition coefficient (Wildman–Crippen LogP) is 2.33. The molecule has 2 N–H and O–H groups in total. The maximum atomic E-state index is 12.6. The highest BCUT2D eigenvalue weighted by molar-refractivity contribution is 7.89. The molecule has 0 unspecified atom stereocenters. The third kappa shape index (κ3) is 3.38. The van der Waals surface area contributed by atoms with Gasteiger partial charge in [0.15, 0.2) is 0 Å². The second-order valence-corrected chi connectivity index (χ2v) is 8.79. The van der Waals surface area contributed by atoms with Crippen molar-refractivity contribution in [1.29, 1.82) is 0 Å². The van der Waals surface area contributed by atoms with Gasteiger partial charge in [0.05, 0.1) is 10.7 Å². The van der Waals surface area contributed by atoms with Gasteiger partial charge in [0, 0.05) is 24.4 Å². The van der Waals surface area contributed by atoms with Gasteiger partial charge in [0.2, 0.25) is 21.8 Å². The molecule has 0 atom stereocenters. The summed E-state index contributed by atoms with van der Waals surface area (Å²) in [7, 11) is -3.77. The topological polar surface area (TPSA) is 110 Å². The van der Waals surface area contributed by atoms with E-state index in [1.54, 1.807) is 13.0 Å². The van der Waals surface area contributed by atoms with Crippen molar-refractivity contribution >= 4 is 39.3 Å². The average Bonchev–Trinajstić information content (AvgIpc) is 3.36. The van der Waals surface area contributed by atoms with Crippen LogP contribution in [0.2, 0.25) is 5.02 Å². The number of sulfonamides is 1. The Labute approximate surface area is 160 Å². The molecule has 1 fully saturated rings. The summed E-state index contributed by atoms with van der Waals surface area (Å²) in [6.07, 6.45) is 1.75. The van der Waals surface area contributed by atoms with Crippen molar-refractivity contribution in [3.63, 3.8) is 0 Å². The van der Waals surface area contributed by atoms with Crippen molar-refractivity contribution < 1.29 is 18.0 Å². The van der Waals surface area contributed by atoms with Gasteiger partial charge in [0.25, 0.3) is 0 Å². The van der Waals surface area contributed by atoms with E-state index < -0.39 is 10.0 Å². The summed E-state index contributed by atoms with van der Waals surface area (Å²) in [6.45, 7) is 1.70. The fourth-order valence-electron chi connectivity index (χ4n) is 3.04. The summed E-state index contributed by atoms with van der Waals surface area (Å²) >= 11 is 6.14. The second kappa shape index (κ2) is 6.43. The van der Waals surface area contributed by atoms with Crippen molar-refractivity contribution in [1.82, 2.24) is 14.5 Å². The van der Waals surface area contributed by atoms with E-state index in [1.165, 1.54) is 16.8 Å². The Kier molecular flexibility index (Phi) is 4.32. The number of carbonyl (C=O) groups is 2. The Bertz CT molecular complexity index is 1070. The quantitative estimate of drug-likeness (QED) is 0.806. The molecule has 1 aliphatic heterocycles. The lowest BCUT2D eigenvalue weighted by molar-refractivity contribution is -0.116. The molecule has 142 valence electrons. The number of rotatable bonds is 4. The molecule has 1 aliphatic carbocycles. The van der Waals surface area contributed by atoms with E-state index >= 15 is 0 Å². The molecular weight excluding hydrogens is 392 g/mol. The molecule has 0 spiro atoms. The minimum absolute atomic E-state index is 0.0424. The van der Waals surface area contributed by atoms with E-state index in [2.05, 4.69) is 15.1 Å². The number of aromatic nitrogens is 2. The first-order valence-corrected chi connectivity index (χ1v) is 10.4. The lowest BCUT2D eigenvalue weighted by atomic mass is 10.1. The molecule has 2 aliphatic rings. The van der Waals surface area contributed by atoms with Crippen LogP contribution in [-0.2, 0) is 14.8 Å². The molecule has 1 aromatic heterocycles. The molecular formula is C17H17ClN4O4S. The third-order valence-electron chi connectivity index (χ3n) is 4.53. The number of aryl methyl sites for hydroxylation is 1. The zero-order chi connectivity index (χ0) is 19.3. The van der Waals surface area contributed by atoms with Crippen LogP contribution in [-0.4, -0.2) is 36.1 Å². The third-order valence-corrected chi connectivity index (χ3v) is 6.53. The first kappa shape index (κ1) is 18.1. The molecule has 4 rings (SSSR count). The van der Waals surface area contributed by atoms with Crippen LogP contribution in [0.1, 0.15) is 36.2 Å². The fourth-order valence-corrected chi connectivity index (χ4v) is 4.87. The summed E-state index contributed by atoms with van der Waals surface area (Å²) in [5.74, 6) is -0.337. The molecule has 2 heterocycles. The molecule has 2 aromatic rings.